The van der Waals surface area contributed by atoms with E-state index < -0.39 is 12.0 Å². The highest BCUT2D eigenvalue weighted by molar-refractivity contribution is 5.82. The summed E-state index contributed by atoms with van der Waals surface area (Å²) in [4.78, 5) is 24.4. The molecule has 0 aromatic rings. The minimum atomic E-state index is -1.00. The molecule has 1 fully saturated rings. The van der Waals surface area contributed by atoms with E-state index in [-0.39, 0.29) is 12.1 Å². The number of amides is 2. The van der Waals surface area contributed by atoms with Gasteiger partial charge in [0.05, 0.1) is 6.10 Å². The molecule has 0 spiro atoms. The molecule has 6 nitrogen and oxygen atoms in total. The molecule has 6 heteroatoms. The van der Waals surface area contributed by atoms with Gasteiger partial charge >= 0.3 is 12.0 Å². The van der Waals surface area contributed by atoms with Crippen molar-refractivity contribution in [2.24, 2.45) is 0 Å². The zero-order valence-electron chi connectivity index (χ0n) is 11.0. The lowest BCUT2D eigenvalue weighted by Crippen LogP contribution is -2.49. The van der Waals surface area contributed by atoms with E-state index in [1.807, 2.05) is 6.92 Å². The second-order valence-electron chi connectivity index (χ2n) is 4.42. The number of urea groups is 1. The van der Waals surface area contributed by atoms with E-state index in [0.29, 0.717) is 19.5 Å². The van der Waals surface area contributed by atoms with Gasteiger partial charge in [-0.05, 0) is 26.2 Å². The summed E-state index contributed by atoms with van der Waals surface area (Å²) in [6.07, 6.45) is 2.44. The minimum Gasteiger partial charge on any atom is -0.480 e. The van der Waals surface area contributed by atoms with Crippen LogP contribution >= 0.6 is 0 Å². The molecule has 0 bridgehead atoms. The molecule has 1 heterocycles. The van der Waals surface area contributed by atoms with E-state index in [1.165, 1.54) is 0 Å². The molecule has 1 unspecified atom stereocenters. The maximum Gasteiger partial charge on any atom is 0.326 e. The molecule has 18 heavy (non-hydrogen) atoms. The third-order valence-corrected chi connectivity index (χ3v) is 3.12. The Morgan fingerprint density at radius 3 is 2.67 bits per heavy atom. The molecule has 2 N–H and O–H groups in total. The second kappa shape index (κ2) is 7.20. The Labute approximate surface area is 107 Å². The average Bonchev–Trinajstić information content (AvgIpc) is 2.85. The Morgan fingerprint density at radius 1 is 1.50 bits per heavy atom. The fraction of sp³-hybridized carbons (Fsp3) is 0.833. The number of ether oxygens (including phenoxy) is 1. The molecule has 0 aromatic carbocycles. The molecule has 1 saturated heterocycles. The summed E-state index contributed by atoms with van der Waals surface area (Å²) in [5.41, 5.74) is 0. The van der Waals surface area contributed by atoms with Crippen LogP contribution in [0.3, 0.4) is 0 Å². The number of carboxylic acid groups (broad SMARTS) is 1. The number of hydrogen-bond donors (Lipinski definition) is 2. The van der Waals surface area contributed by atoms with Crippen LogP contribution in [0.1, 0.15) is 33.1 Å². The van der Waals surface area contributed by atoms with Crippen molar-refractivity contribution in [1.82, 2.24) is 10.2 Å². The quantitative estimate of drug-likeness (QED) is 0.746. The lowest BCUT2D eigenvalue weighted by atomic mass is 10.2. The number of hydrogen-bond acceptors (Lipinski definition) is 3. The summed E-state index contributed by atoms with van der Waals surface area (Å²) >= 11 is 0. The van der Waals surface area contributed by atoms with Crippen LogP contribution in [0.15, 0.2) is 0 Å². The first-order valence-electron chi connectivity index (χ1n) is 6.48. The van der Waals surface area contributed by atoms with Crippen molar-refractivity contribution in [3.8, 4) is 0 Å². The summed E-state index contributed by atoms with van der Waals surface area (Å²) in [6, 6.07) is -1.15. The minimum absolute atomic E-state index is 0.0839. The molecular formula is C12H22N2O4. The Kier molecular flexibility index (Phi) is 5.91. The summed E-state index contributed by atoms with van der Waals surface area (Å²) in [5.74, 6) is -1.00. The van der Waals surface area contributed by atoms with Crippen LogP contribution in [0.5, 0.6) is 0 Å². The number of likely N-dealkylation sites (N-methyl/N-ethyl adjacent to an activating group) is 1. The Hall–Kier alpha value is -1.30. The first-order chi connectivity index (χ1) is 8.58. The normalized spacial score (nSPS) is 20.4. The summed E-state index contributed by atoms with van der Waals surface area (Å²) in [5, 5.41) is 11.4. The lowest BCUT2D eigenvalue weighted by molar-refractivity contribution is -0.139. The molecule has 2 amide bonds. The van der Waals surface area contributed by atoms with Gasteiger partial charge in [-0.2, -0.15) is 0 Å². The van der Waals surface area contributed by atoms with Crippen molar-refractivity contribution in [2.75, 3.05) is 19.7 Å². The molecular weight excluding hydrogens is 236 g/mol. The van der Waals surface area contributed by atoms with E-state index in [4.69, 9.17) is 9.84 Å². The molecule has 0 aromatic heterocycles. The Morgan fingerprint density at radius 2 is 2.22 bits per heavy atom. The largest absolute Gasteiger partial charge is 0.480 e. The zero-order chi connectivity index (χ0) is 13.5. The van der Waals surface area contributed by atoms with Crippen LogP contribution < -0.4 is 5.32 Å². The lowest BCUT2D eigenvalue weighted by Gasteiger charge is -2.25. The van der Waals surface area contributed by atoms with Crippen LogP contribution in [0, 0.1) is 0 Å². The highest BCUT2D eigenvalue weighted by atomic mass is 16.5. The van der Waals surface area contributed by atoms with Crippen LogP contribution in [0.2, 0.25) is 0 Å². The number of rotatable bonds is 6. The molecule has 0 radical (unpaired) electrons. The topological polar surface area (TPSA) is 78.9 Å². The molecule has 104 valence electrons. The van der Waals surface area contributed by atoms with Crippen molar-refractivity contribution >= 4 is 12.0 Å². The van der Waals surface area contributed by atoms with Crippen molar-refractivity contribution in [3.05, 3.63) is 0 Å². The van der Waals surface area contributed by atoms with Gasteiger partial charge in [0, 0.05) is 19.7 Å². The molecule has 1 aliphatic heterocycles. The fourth-order valence-corrected chi connectivity index (χ4v) is 1.97. The summed E-state index contributed by atoms with van der Waals surface area (Å²) < 4.78 is 5.48. The van der Waals surface area contributed by atoms with Gasteiger partial charge in [-0.3, -0.25) is 0 Å². The Bertz CT molecular complexity index is 290. The summed E-state index contributed by atoms with van der Waals surface area (Å²) in [7, 11) is 0. The maximum atomic E-state index is 11.9. The van der Waals surface area contributed by atoms with Crippen LogP contribution in [-0.2, 0) is 9.53 Å². The zero-order valence-corrected chi connectivity index (χ0v) is 11.0. The van der Waals surface area contributed by atoms with Gasteiger partial charge in [0.2, 0.25) is 0 Å². The molecule has 1 aliphatic rings. The average molecular weight is 258 g/mol. The van der Waals surface area contributed by atoms with Crippen LogP contribution in [0.4, 0.5) is 4.79 Å². The van der Waals surface area contributed by atoms with Crippen molar-refractivity contribution in [1.29, 1.82) is 0 Å². The second-order valence-corrected chi connectivity index (χ2v) is 4.42. The predicted octanol–water partition coefficient (Wildman–Crippen LogP) is 1.06. The fourth-order valence-electron chi connectivity index (χ4n) is 1.97. The number of carbonyl (C=O) groups excluding carboxylic acids is 1. The first-order valence-corrected chi connectivity index (χ1v) is 6.48. The smallest absolute Gasteiger partial charge is 0.326 e. The third kappa shape index (κ3) is 4.18. The number of aliphatic carboxylic acids is 1. The summed E-state index contributed by atoms with van der Waals surface area (Å²) in [6.45, 7) is 5.42. The van der Waals surface area contributed by atoms with Gasteiger partial charge in [-0.15, -0.1) is 0 Å². The van der Waals surface area contributed by atoms with E-state index >= 15 is 0 Å². The monoisotopic (exact) mass is 258 g/mol. The van der Waals surface area contributed by atoms with E-state index in [1.54, 1.807) is 11.8 Å². The number of nitrogens with zero attached hydrogens (tertiary/aromatic N) is 1. The van der Waals surface area contributed by atoms with E-state index in [2.05, 4.69) is 5.32 Å². The molecule has 2 atom stereocenters. The Balaban J connectivity index is 2.47. The van der Waals surface area contributed by atoms with Crippen LogP contribution in [-0.4, -0.2) is 53.8 Å². The van der Waals surface area contributed by atoms with Gasteiger partial charge in [-0.1, -0.05) is 6.92 Å². The van der Waals surface area contributed by atoms with Gasteiger partial charge in [-0.25, -0.2) is 9.59 Å². The van der Waals surface area contributed by atoms with Gasteiger partial charge in [0.25, 0.3) is 0 Å². The third-order valence-electron chi connectivity index (χ3n) is 3.12. The van der Waals surface area contributed by atoms with Crippen molar-refractivity contribution in [3.63, 3.8) is 0 Å². The SMILES string of the molecule is CC[C@@H](NC(=O)N(CC)CC1CCCO1)C(=O)O. The van der Waals surface area contributed by atoms with E-state index in [9.17, 15) is 9.59 Å². The molecule has 1 rings (SSSR count). The standard InChI is InChI=1S/C12H22N2O4/c1-3-10(11(15)16)13-12(17)14(4-2)8-9-6-5-7-18-9/h9-10H,3-8H2,1-2H3,(H,13,17)(H,15,16)/t9?,10-/m1/s1. The van der Waals surface area contributed by atoms with Crippen molar-refractivity contribution < 1.29 is 19.4 Å². The highest BCUT2D eigenvalue weighted by Crippen LogP contribution is 2.13. The van der Waals surface area contributed by atoms with Gasteiger partial charge in [0.1, 0.15) is 6.04 Å². The van der Waals surface area contributed by atoms with Gasteiger partial charge < -0.3 is 20.1 Å². The predicted molar refractivity (Wildman–Crippen MR) is 66.5 cm³/mol. The van der Waals surface area contributed by atoms with Gasteiger partial charge in [0.15, 0.2) is 0 Å². The molecule has 0 saturated carbocycles. The first kappa shape index (κ1) is 14.8. The van der Waals surface area contributed by atoms with Crippen LogP contribution in [0.25, 0.3) is 0 Å². The maximum absolute atomic E-state index is 11.9. The number of carbonyl (C=O) groups is 2. The number of carboxylic acids is 1. The van der Waals surface area contributed by atoms with Crippen molar-refractivity contribution in [2.45, 2.75) is 45.3 Å². The number of nitrogens with one attached hydrogen (secondary N) is 1. The molecule has 0 aliphatic carbocycles. The van der Waals surface area contributed by atoms with E-state index in [0.717, 1.165) is 19.4 Å². The highest BCUT2D eigenvalue weighted by Gasteiger charge is 2.24.